The van der Waals surface area contributed by atoms with E-state index in [2.05, 4.69) is 16.0 Å². The van der Waals surface area contributed by atoms with Crippen molar-refractivity contribution in [1.29, 1.82) is 0 Å². The van der Waals surface area contributed by atoms with Crippen molar-refractivity contribution in [2.24, 2.45) is 0 Å². The molecular weight excluding hydrogens is 552 g/mol. The summed E-state index contributed by atoms with van der Waals surface area (Å²) in [6.07, 6.45) is 5.61. The Morgan fingerprint density at radius 1 is 0.902 bits per heavy atom. The maximum absolute atomic E-state index is 12.1. The number of carbonyl (C=O) groups excluding carboxylic acids is 6. The predicted molar refractivity (Wildman–Crippen MR) is 148 cm³/mol. The highest BCUT2D eigenvalue weighted by atomic mass is 32.2. The second-order valence-electron chi connectivity index (χ2n) is 10.4. The number of ether oxygens (including phenoxy) is 1. The van der Waals surface area contributed by atoms with Crippen LogP contribution in [0.5, 0.6) is 5.75 Å². The lowest BCUT2D eigenvalue weighted by molar-refractivity contribution is -0.197. The Hall–Kier alpha value is -3.61. The second kappa shape index (κ2) is 14.9. The first-order valence-corrected chi connectivity index (χ1v) is 15.1. The number of amides is 5. The third kappa shape index (κ3) is 9.20. The Balaban J connectivity index is 0.996. The molecule has 13 heteroatoms. The highest BCUT2D eigenvalue weighted by Crippen LogP contribution is 2.33. The molecule has 3 saturated heterocycles. The maximum Gasteiger partial charge on any atom is 0.337 e. The molecule has 3 aliphatic heterocycles. The summed E-state index contributed by atoms with van der Waals surface area (Å²) in [6.45, 7) is 0.567. The van der Waals surface area contributed by atoms with Crippen molar-refractivity contribution in [1.82, 2.24) is 21.0 Å². The molecule has 3 atom stereocenters. The summed E-state index contributed by atoms with van der Waals surface area (Å²) in [6, 6.07) is 6.69. The smallest absolute Gasteiger partial charge is 0.337 e. The van der Waals surface area contributed by atoms with Crippen molar-refractivity contribution >= 4 is 47.5 Å². The topological polar surface area (TPSA) is 160 Å². The lowest BCUT2D eigenvalue weighted by Gasteiger charge is -2.16. The van der Waals surface area contributed by atoms with Crippen LogP contribution in [0.2, 0.25) is 0 Å². The first kappa shape index (κ1) is 30.4. The fourth-order valence-electron chi connectivity index (χ4n) is 4.98. The molecule has 3 fully saturated rings. The van der Waals surface area contributed by atoms with Crippen LogP contribution in [0.25, 0.3) is 0 Å². The summed E-state index contributed by atoms with van der Waals surface area (Å²) >= 11 is 1.88. The third-order valence-electron chi connectivity index (χ3n) is 7.16. The average Bonchev–Trinajstić information content (AvgIpc) is 3.59. The van der Waals surface area contributed by atoms with Crippen LogP contribution in [0.4, 0.5) is 4.79 Å². The van der Waals surface area contributed by atoms with Gasteiger partial charge in [0.05, 0.1) is 18.5 Å². The monoisotopic (exact) mass is 588 g/mol. The zero-order chi connectivity index (χ0) is 29.2. The predicted octanol–water partition coefficient (Wildman–Crippen LogP) is 2.14. The largest absolute Gasteiger partial charge is 0.427 e. The summed E-state index contributed by atoms with van der Waals surface area (Å²) in [5.41, 5.74) is 0.582. The number of hydroxylamine groups is 2. The lowest BCUT2D eigenvalue weighted by atomic mass is 10.0. The molecule has 0 spiro atoms. The molecule has 1 aromatic carbocycles. The average molecular weight is 589 g/mol. The summed E-state index contributed by atoms with van der Waals surface area (Å²) < 4.78 is 5.33. The zero-order valence-electron chi connectivity index (χ0n) is 22.9. The lowest BCUT2D eigenvalue weighted by Crippen LogP contribution is -2.36. The molecule has 41 heavy (non-hydrogen) atoms. The number of rotatable bonds is 15. The van der Waals surface area contributed by atoms with Crippen LogP contribution in [0.3, 0.4) is 0 Å². The Morgan fingerprint density at radius 3 is 2.39 bits per heavy atom. The van der Waals surface area contributed by atoms with Crippen LogP contribution in [-0.4, -0.2) is 70.4 Å². The minimum Gasteiger partial charge on any atom is -0.427 e. The van der Waals surface area contributed by atoms with Gasteiger partial charge in [0.2, 0.25) is 5.91 Å². The van der Waals surface area contributed by atoms with Crippen molar-refractivity contribution in [3.8, 4) is 5.75 Å². The number of unbranched alkanes of at least 4 members (excludes halogenated alkanes) is 3. The van der Waals surface area contributed by atoms with Gasteiger partial charge in [0.1, 0.15) is 5.75 Å². The van der Waals surface area contributed by atoms with Crippen LogP contribution in [0.1, 0.15) is 69.8 Å². The molecule has 3 N–H and O–H groups in total. The Morgan fingerprint density at radius 2 is 1.63 bits per heavy atom. The number of nitrogens with one attached hydrogen (secondary N) is 3. The van der Waals surface area contributed by atoms with Gasteiger partial charge in [-0.15, -0.1) is 5.06 Å². The van der Waals surface area contributed by atoms with E-state index in [-0.39, 0.29) is 55.7 Å². The van der Waals surface area contributed by atoms with E-state index >= 15 is 0 Å². The van der Waals surface area contributed by atoms with Gasteiger partial charge in [-0.05, 0) is 43.4 Å². The highest BCUT2D eigenvalue weighted by Gasteiger charge is 2.42. The standard InChI is InChI=1S/C28H36N4O8S/c33-22(7-4-3-6-21-27-20(17-41-21)30-28(38)31-27)29-15-5-1-2-8-25(36)39-19-11-9-18(10-12-19)16-26(37)40-32-23(34)13-14-24(32)35/h9-12,20-21,27H,1-8,13-17H2,(H,29,33)(H2,30,31,38)/t20?,21-,27?/m0/s1. The van der Waals surface area contributed by atoms with Gasteiger partial charge in [-0.1, -0.05) is 25.0 Å². The first-order valence-electron chi connectivity index (χ1n) is 14.1. The van der Waals surface area contributed by atoms with Crippen molar-refractivity contribution in [2.75, 3.05) is 12.3 Å². The van der Waals surface area contributed by atoms with Crippen LogP contribution in [-0.2, 0) is 35.2 Å². The molecule has 0 saturated carbocycles. The minimum atomic E-state index is -0.731. The summed E-state index contributed by atoms with van der Waals surface area (Å²) in [5, 5.41) is 9.77. The molecule has 3 aliphatic rings. The maximum atomic E-state index is 12.1. The fourth-order valence-corrected chi connectivity index (χ4v) is 6.52. The molecule has 12 nitrogen and oxygen atoms in total. The van der Waals surface area contributed by atoms with E-state index in [0.717, 1.165) is 37.9 Å². The molecule has 5 amide bonds. The number of hydrogen-bond donors (Lipinski definition) is 3. The number of imide groups is 1. The van der Waals surface area contributed by atoms with Crippen LogP contribution in [0, 0.1) is 0 Å². The normalized spacial score (nSPS) is 21.3. The van der Waals surface area contributed by atoms with Gasteiger partial charge in [-0.3, -0.25) is 19.2 Å². The Bertz CT molecular complexity index is 1130. The number of urea groups is 1. The van der Waals surface area contributed by atoms with Crippen LogP contribution in [0.15, 0.2) is 24.3 Å². The quantitative estimate of drug-likeness (QED) is 0.0917. The Kier molecular flexibility index (Phi) is 11.0. The molecule has 0 aliphatic carbocycles. The summed E-state index contributed by atoms with van der Waals surface area (Å²) in [5.74, 6) is -0.844. The van der Waals surface area contributed by atoms with Gasteiger partial charge in [0.25, 0.3) is 11.8 Å². The van der Waals surface area contributed by atoms with E-state index in [1.54, 1.807) is 24.3 Å². The van der Waals surface area contributed by atoms with Crippen molar-refractivity contribution in [2.45, 2.75) is 88.0 Å². The van der Waals surface area contributed by atoms with Gasteiger partial charge < -0.3 is 25.5 Å². The number of benzene rings is 1. The first-order chi connectivity index (χ1) is 19.8. The summed E-state index contributed by atoms with van der Waals surface area (Å²) in [4.78, 5) is 75.6. The van der Waals surface area contributed by atoms with Crippen LogP contribution < -0.4 is 20.7 Å². The summed E-state index contributed by atoms with van der Waals surface area (Å²) in [7, 11) is 0. The number of thioether (sulfide) groups is 1. The van der Waals surface area contributed by atoms with E-state index in [0.29, 0.717) is 41.0 Å². The number of carbonyl (C=O) groups is 6. The second-order valence-corrected chi connectivity index (χ2v) is 11.6. The molecule has 0 radical (unpaired) electrons. The van der Waals surface area contributed by atoms with E-state index < -0.39 is 17.8 Å². The Labute approximate surface area is 242 Å². The minimum absolute atomic E-state index is 0.0342. The van der Waals surface area contributed by atoms with Crippen molar-refractivity contribution in [3.05, 3.63) is 29.8 Å². The number of fused-ring (bicyclic) bond motifs is 1. The number of nitrogens with zero attached hydrogens (tertiary/aromatic N) is 1. The molecule has 3 heterocycles. The molecule has 2 unspecified atom stereocenters. The van der Waals surface area contributed by atoms with Gasteiger partial charge in [0, 0.05) is 43.2 Å². The van der Waals surface area contributed by atoms with Gasteiger partial charge >= 0.3 is 18.0 Å². The molecule has 1 aromatic rings. The van der Waals surface area contributed by atoms with Gasteiger partial charge in [-0.25, -0.2) is 9.59 Å². The van der Waals surface area contributed by atoms with E-state index in [1.165, 1.54) is 0 Å². The van der Waals surface area contributed by atoms with Crippen molar-refractivity contribution < 1.29 is 38.3 Å². The third-order valence-corrected chi connectivity index (χ3v) is 8.67. The molecular formula is C28H36N4O8S. The molecule has 0 bridgehead atoms. The van der Waals surface area contributed by atoms with Crippen LogP contribution >= 0.6 is 11.8 Å². The molecule has 4 rings (SSSR count). The molecule has 222 valence electrons. The number of hydrogen-bond acceptors (Lipinski definition) is 9. The van der Waals surface area contributed by atoms with Gasteiger partial charge in [0.15, 0.2) is 0 Å². The zero-order valence-corrected chi connectivity index (χ0v) is 23.7. The van der Waals surface area contributed by atoms with E-state index in [4.69, 9.17) is 9.57 Å². The van der Waals surface area contributed by atoms with E-state index in [1.807, 2.05) is 11.8 Å². The molecule has 0 aromatic heterocycles. The number of esters is 1. The highest BCUT2D eigenvalue weighted by molar-refractivity contribution is 8.00. The van der Waals surface area contributed by atoms with Gasteiger partial charge in [-0.2, -0.15) is 11.8 Å². The fraction of sp³-hybridized carbons (Fsp3) is 0.571. The van der Waals surface area contributed by atoms with Crippen molar-refractivity contribution in [3.63, 3.8) is 0 Å². The van der Waals surface area contributed by atoms with E-state index in [9.17, 15) is 28.8 Å². The SMILES string of the molecule is O=C(CCCC[C@@H]1SCC2NC(=O)NC21)NCCCCCC(=O)Oc1ccc(CC(=O)ON2C(=O)CCC2=O)cc1.